The van der Waals surface area contributed by atoms with Crippen LogP contribution in [0.5, 0.6) is 0 Å². The molecule has 2 N–H and O–H groups in total. The summed E-state index contributed by atoms with van der Waals surface area (Å²) in [6.07, 6.45) is 2.11. The summed E-state index contributed by atoms with van der Waals surface area (Å²) in [6.45, 7) is 7.22. The summed E-state index contributed by atoms with van der Waals surface area (Å²) in [4.78, 5) is 16.1. The lowest BCUT2D eigenvalue weighted by molar-refractivity contribution is 0.188. The summed E-state index contributed by atoms with van der Waals surface area (Å²) < 4.78 is 2.68. The number of piperidine rings is 1. The second-order valence-corrected chi connectivity index (χ2v) is 6.97. The Hall–Kier alpha value is -0.860. The van der Waals surface area contributed by atoms with Crippen LogP contribution >= 0.6 is 22.9 Å². The summed E-state index contributed by atoms with van der Waals surface area (Å²) in [5.41, 5.74) is 2.82. The zero-order valence-electron chi connectivity index (χ0n) is 13.4. The van der Waals surface area contributed by atoms with Gasteiger partial charge in [0.05, 0.1) is 22.9 Å². The molecule has 0 unspecified atom stereocenters. The fraction of sp³-hybridized carbons (Fsp3) is 0.588. The largest absolute Gasteiger partial charge is 0.326 e. The standard InChI is InChI=1S/C17H25IN4O/c18-20-17(23)22-9-5-16(6-10-22)15-3-1-14(2-4-15)13-21-11-7-19-8-12-21/h1-4,16,19H,5-13H2,(H,20,23). The topological polar surface area (TPSA) is 47.6 Å². The molecule has 2 aliphatic heterocycles. The van der Waals surface area contributed by atoms with E-state index >= 15 is 0 Å². The number of rotatable bonds is 3. The van der Waals surface area contributed by atoms with E-state index in [9.17, 15) is 4.79 Å². The zero-order valence-corrected chi connectivity index (χ0v) is 15.6. The lowest BCUT2D eigenvalue weighted by atomic mass is 9.89. The molecule has 0 saturated carbocycles. The highest BCUT2D eigenvalue weighted by Gasteiger charge is 2.23. The van der Waals surface area contributed by atoms with E-state index in [1.165, 1.54) is 11.1 Å². The third-order valence-corrected chi connectivity index (χ3v) is 5.39. The van der Waals surface area contributed by atoms with E-state index in [4.69, 9.17) is 0 Å². The Kier molecular flexibility index (Phi) is 6.13. The van der Waals surface area contributed by atoms with Crippen molar-refractivity contribution in [2.24, 2.45) is 0 Å². The van der Waals surface area contributed by atoms with Gasteiger partial charge in [0.25, 0.3) is 0 Å². The molecule has 2 saturated heterocycles. The van der Waals surface area contributed by atoms with Crippen molar-refractivity contribution in [3.05, 3.63) is 35.4 Å². The van der Waals surface area contributed by atoms with Crippen molar-refractivity contribution >= 4 is 28.9 Å². The van der Waals surface area contributed by atoms with Crippen LogP contribution in [0.2, 0.25) is 0 Å². The molecule has 2 amide bonds. The van der Waals surface area contributed by atoms with Crippen LogP contribution in [0.4, 0.5) is 4.79 Å². The smallest absolute Gasteiger partial charge is 0.324 e. The van der Waals surface area contributed by atoms with E-state index in [0.29, 0.717) is 5.92 Å². The average molecular weight is 428 g/mol. The molecule has 3 rings (SSSR count). The van der Waals surface area contributed by atoms with Gasteiger partial charge >= 0.3 is 6.03 Å². The van der Waals surface area contributed by atoms with Crippen LogP contribution in [0.3, 0.4) is 0 Å². The summed E-state index contributed by atoms with van der Waals surface area (Å²) in [6, 6.07) is 9.17. The van der Waals surface area contributed by atoms with Crippen LogP contribution in [0.1, 0.15) is 29.9 Å². The van der Waals surface area contributed by atoms with Crippen molar-refractivity contribution in [2.75, 3.05) is 39.3 Å². The molecule has 5 nitrogen and oxygen atoms in total. The van der Waals surface area contributed by atoms with E-state index in [-0.39, 0.29) is 6.03 Å². The zero-order chi connectivity index (χ0) is 16.1. The Bertz CT molecular complexity index is 508. The predicted molar refractivity (Wildman–Crippen MR) is 101 cm³/mol. The van der Waals surface area contributed by atoms with Crippen molar-refractivity contribution < 1.29 is 4.79 Å². The first-order valence-electron chi connectivity index (χ1n) is 8.44. The Labute approximate surface area is 152 Å². The molecule has 1 aromatic rings. The molecule has 126 valence electrons. The fourth-order valence-electron chi connectivity index (χ4n) is 3.50. The molecule has 1 aromatic carbocycles. The minimum Gasteiger partial charge on any atom is -0.324 e. The number of likely N-dealkylation sites (tertiary alicyclic amines) is 1. The number of benzene rings is 1. The molecular weight excluding hydrogens is 403 g/mol. The van der Waals surface area contributed by atoms with Crippen molar-refractivity contribution in [1.29, 1.82) is 0 Å². The Morgan fingerprint density at radius 1 is 1.13 bits per heavy atom. The van der Waals surface area contributed by atoms with Gasteiger partial charge in [-0.1, -0.05) is 24.3 Å². The normalized spacial score (nSPS) is 20.5. The predicted octanol–water partition coefficient (Wildman–Crippen LogP) is 2.33. The van der Waals surface area contributed by atoms with Crippen molar-refractivity contribution in [2.45, 2.75) is 25.3 Å². The van der Waals surface area contributed by atoms with Crippen molar-refractivity contribution in [3.8, 4) is 0 Å². The molecule has 23 heavy (non-hydrogen) atoms. The molecule has 6 heteroatoms. The van der Waals surface area contributed by atoms with E-state index in [2.05, 4.69) is 38.0 Å². The minimum atomic E-state index is 0.0374. The lowest BCUT2D eigenvalue weighted by Crippen LogP contribution is -2.42. The van der Waals surface area contributed by atoms with Gasteiger partial charge < -0.3 is 10.2 Å². The number of hydrogen-bond acceptors (Lipinski definition) is 3. The summed E-state index contributed by atoms with van der Waals surface area (Å²) in [5, 5.41) is 3.39. The number of piperazine rings is 1. The van der Waals surface area contributed by atoms with E-state index < -0.39 is 0 Å². The molecule has 0 radical (unpaired) electrons. The van der Waals surface area contributed by atoms with Gasteiger partial charge in [0.15, 0.2) is 0 Å². The number of carbonyl (C=O) groups excluding carboxylic acids is 1. The molecule has 0 aliphatic carbocycles. The molecule has 0 atom stereocenters. The van der Waals surface area contributed by atoms with Crippen molar-refractivity contribution in [3.63, 3.8) is 0 Å². The first kappa shape index (κ1) is 17.0. The highest BCUT2D eigenvalue weighted by Crippen LogP contribution is 2.28. The first-order valence-corrected chi connectivity index (χ1v) is 9.51. The highest BCUT2D eigenvalue weighted by molar-refractivity contribution is 14.1. The highest BCUT2D eigenvalue weighted by atomic mass is 127. The van der Waals surface area contributed by atoms with Crippen LogP contribution in [-0.2, 0) is 6.54 Å². The number of halogens is 1. The average Bonchev–Trinajstić information content (AvgIpc) is 2.63. The fourth-order valence-corrected chi connectivity index (χ4v) is 3.84. The quantitative estimate of drug-likeness (QED) is 0.574. The van der Waals surface area contributed by atoms with Gasteiger partial charge in [0, 0.05) is 45.8 Å². The number of nitrogens with one attached hydrogen (secondary N) is 2. The van der Waals surface area contributed by atoms with Gasteiger partial charge in [-0.05, 0) is 29.9 Å². The van der Waals surface area contributed by atoms with Gasteiger partial charge in [-0.25, -0.2) is 4.79 Å². The molecule has 2 aliphatic rings. The van der Waals surface area contributed by atoms with Gasteiger partial charge in [0.1, 0.15) is 0 Å². The SMILES string of the molecule is O=C(NI)N1CCC(c2ccc(CN3CCNCC3)cc2)CC1. The molecule has 0 spiro atoms. The number of amides is 2. The monoisotopic (exact) mass is 428 g/mol. The van der Waals surface area contributed by atoms with E-state index in [0.717, 1.165) is 58.7 Å². The maximum Gasteiger partial charge on any atom is 0.326 e. The summed E-state index contributed by atoms with van der Waals surface area (Å²) in [5.74, 6) is 0.585. The molecule has 0 aromatic heterocycles. The van der Waals surface area contributed by atoms with Gasteiger partial charge in [-0.2, -0.15) is 0 Å². The van der Waals surface area contributed by atoms with Gasteiger partial charge in [-0.15, -0.1) is 0 Å². The Morgan fingerprint density at radius 3 is 2.39 bits per heavy atom. The minimum absolute atomic E-state index is 0.0374. The second-order valence-electron chi connectivity index (χ2n) is 6.43. The Morgan fingerprint density at radius 2 is 1.78 bits per heavy atom. The number of carbonyl (C=O) groups is 1. The van der Waals surface area contributed by atoms with Crippen molar-refractivity contribution in [1.82, 2.24) is 18.6 Å². The number of nitrogens with zero attached hydrogens (tertiary/aromatic N) is 2. The van der Waals surface area contributed by atoms with Crippen LogP contribution in [-0.4, -0.2) is 55.1 Å². The van der Waals surface area contributed by atoms with E-state index in [1.54, 1.807) is 0 Å². The summed E-state index contributed by atoms with van der Waals surface area (Å²) >= 11 is 1.91. The molecular formula is C17H25IN4O. The van der Waals surface area contributed by atoms with E-state index in [1.807, 2.05) is 27.8 Å². The van der Waals surface area contributed by atoms with Crippen LogP contribution in [0.15, 0.2) is 24.3 Å². The third kappa shape index (κ3) is 4.58. The van der Waals surface area contributed by atoms with Gasteiger partial charge in [-0.3, -0.25) is 8.43 Å². The third-order valence-electron chi connectivity index (χ3n) is 4.93. The number of urea groups is 1. The second kappa shape index (κ2) is 8.30. The first-order chi connectivity index (χ1) is 11.3. The lowest BCUT2D eigenvalue weighted by Gasteiger charge is -2.31. The number of hydrogen-bond donors (Lipinski definition) is 2. The van der Waals surface area contributed by atoms with Gasteiger partial charge in [0.2, 0.25) is 0 Å². The van der Waals surface area contributed by atoms with Crippen LogP contribution in [0, 0.1) is 0 Å². The maximum atomic E-state index is 11.6. The molecule has 2 heterocycles. The van der Waals surface area contributed by atoms with Crippen LogP contribution < -0.4 is 8.85 Å². The van der Waals surface area contributed by atoms with Crippen LogP contribution in [0.25, 0.3) is 0 Å². The molecule has 2 fully saturated rings. The molecule has 0 bridgehead atoms. The maximum absolute atomic E-state index is 11.6. The summed E-state index contributed by atoms with van der Waals surface area (Å²) in [7, 11) is 0. The Balaban J connectivity index is 1.52.